The molecule has 1 N–H and O–H groups in total. The van der Waals surface area contributed by atoms with Crippen molar-refractivity contribution in [2.75, 3.05) is 13.2 Å². The maximum Gasteiger partial charge on any atom is 0.220 e. The summed E-state index contributed by atoms with van der Waals surface area (Å²) in [5.41, 5.74) is 3.67. The molecule has 3 aromatic carbocycles. The van der Waals surface area contributed by atoms with E-state index in [1.165, 1.54) is 27.5 Å². The van der Waals surface area contributed by atoms with Crippen molar-refractivity contribution in [3.63, 3.8) is 0 Å². The van der Waals surface area contributed by atoms with E-state index in [9.17, 15) is 4.79 Å². The predicted octanol–water partition coefficient (Wildman–Crippen LogP) is 4.58. The molecule has 0 aliphatic rings. The van der Waals surface area contributed by atoms with Gasteiger partial charge in [0.2, 0.25) is 5.91 Å². The van der Waals surface area contributed by atoms with Crippen LogP contribution in [0, 0.1) is 13.8 Å². The van der Waals surface area contributed by atoms with Crippen LogP contribution in [0.1, 0.15) is 23.1 Å². The Morgan fingerprint density at radius 1 is 0.962 bits per heavy atom. The Morgan fingerprint density at radius 2 is 1.77 bits per heavy atom. The number of ether oxygens (including phenoxy) is 1. The molecule has 0 aliphatic heterocycles. The summed E-state index contributed by atoms with van der Waals surface area (Å²) in [6.45, 7) is 5.14. The third-order valence-corrected chi connectivity index (χ3v) is 4.67. The van der Waals surface area contributed by atoms with Crippen molar-refractivity contribution in [1.82, 2.24) is 5.32 Å². The second-order valence-electron chi connectivity index (χ2n) is 6.58. The van der Waals surface area contributed by atoms with Gasteiger partial charge in [0.25, 0.3) is 0 Å². The lowest BCUT2D eigenvalue weighted by atomic mass is 10.0. The number of fused-ring (bicyclic) bond motifs is 1. The number of rotatable bonds is 7. The Labute approximate surface area is 155 Å². The van der Waals surface area contributed by atoms with Crippen LogP contribution in [0.15, 0.2) is 60.7 Å². The molecule has 0 unspecified atom stereocenters. The lowest BCUT2D eigenvalue weighted by molar-refractivity contribution is -0.121. The maximum atomic E-state index is 12.1. The molecular weight excluding hydrogens is 322 g/mol. The zero-order chi connectivity index (χ0) is 18.4. The minimum absolute atomic E-state index is 0.0571. The molecule has 0 fully saturated rings. The van der Waals surface area contributed by atoms with Gasteiger partial charge in [-0.3, -0.25) is 4.79 Å². The van der Waals surface area contributed by atoms with Gasteiger partial charge in [0.05, 0.1) is 6.54 Å². The third-order valence-electron chi connectivity index (χ3n) is 4.67. The van der Waals surface area contributed by atoms with Crippen LogP contribution in [-0.4, -0.2) is 19.1 Å². The molecule has 3 heteroatoms. The first-order valence-electron chi connectivity index (χ1n) is 9.07. The predicted molar refractivity (Wildman–Crippen MR) is 107 cm³/mol. The summed E-state index contributed by atoms with van der Waals surface area (Å²) >= 11 is 0. The highest BCUT2D eigenvalue weighted by Crippen LogP contribution is 2.19. The zero-order valence-electron chi connectivity index (χ0n) is 15.4. The van der Waals surface area contributed by atoms with E-state index in [-0.39, 0.29) is 5.91 Å². The molecule has 3 nitrogen and oxygen atoms in total. The van der Waals surface area contributed by atoms with Gasteiger partial charge in [-0.25, -0.2) is 0 Å². The Hall–Kier alpha value is -2.81. The molecule has 0 saturated heterocycles. The minimum atomic E-state index is 0.0571. The number of nitrogens with one attached hydrogen (secondary N) is 1. The number of benzene rings is 3. The highest BCUT2D eigenvalue weighted by atomic mass is 16.5. The average molecular weight is 347 g/mol. The zero-order valence-corrected chi connectivity index (χ0v) is 15.4. The number of hydrogen-bond acceptors (Lipinski definition) is 2. The highest BCUT2D eigenvalue weighted by molar-refractivity contribution is 5.86. The Bertz CT molecular complexity index is 896. The fourth-order valence-corrected chi connectivity index (χ4v) is 3.01. The van der Waals surface area contributed by atoms with Crippen molar-refractivity contribution in [3.8, 4) is 5.75 Å². The lowest BCUT2D eigenvalue weighted by Crippen LogP contribution is -2.28. The quantitative estimate of drug-likeness (QED) is 0.635. The van der Waals surface area contributed by atoms with Gasteiger partial charge >= 0.3 is 0 Å². The van der Waals surface area contributed by atoms with Crippen molar-refractivity contribution >= 4 is 16.7 Å². The smallest absolute Gasteiger partial charge is 0.220 e. The topological polar surface area (TPSA) is 38.3 Å². The molecule has 0 radical (unpaired) electrons. The van der Waals surface area contributed by atoms with E-state index < -0.39 is 0 Å². The maximum absolute atomic E-state index is 12.1. The molecule has 0 aliphatic carbocycles. The van der Waals surface area contributed by atoms with Crippen LogP contribution in [-0.2, 0) is 11.2 Å². The molecule has 0 spiro atoms. The van der Waals surface area contributed by atoms with E-state index >= 15 is 0 Å². The van der Waals surface area contributed by atoms with E-state index in [4.69, 9.17) is 4.74 Å². The van der Waals surface area contributed by atoms with Gasteiger partial charge in [-0.05, 0) is 59.9 Å². The molecule has 26 heavy (non-hydrogen) atoms. The van der Waals surface area contributed by atoms with Crippen LogP contribution in [0.25, 0.3) is 10.8 Å². The first kappa shape index (κ1) is 18.0. The molecule has 3 rings (SSSR count). The fraction of sp³-hybridized carbons (Fsp3) is 0.261. The van der Waals surface area contributed by atoms with Gasteiger partial charge in [0, 0.05) is 6.42 Å². The Kier molecular flexibility index (Phi) is 5.90. The molecule has 0 aromatic heterocycles. The second kappa shape index (κ2) is 8.52. The molecule has 1 amide bonds. The van der Waals surface area contributed by atoms with Crippen molar-refractivity contribution in [2.45, 2.75) is 26.7 Å². The number of carbonyl (C=O) groups is 1. The average Bonchev–Trinajstić information content (AvgIpc) is 2.66. The van der Waals surface area contributed by atoms with Crippen LogP contribution < -0.4 is 10.1 Å². The monoisotopic (exact) mass is 347 g/mol. The lowest BCUT2D eigenvalue weighted by Gasteiger charge is -2.10. The second-order valence-corrected chi connectivity index (χ2v) is 6.58. The first-order valence-corrected chi connectivity index (χ1v) is 9.07. The summed E-state index contributed by atoms with van der Waals surface area (Å²) in [7, 11) is 0. The van der Waals surface area contributed by atoms with Gasteiger partial charge in [-0.15, -0.1) is 0 Å². The van der Waals surface area contributed by atoms with E-state index in [1.54, 1.807) is 0 Å². The van der Waals surface area contributed by atoms with Gasteiger partial charge in [0.15, 0.2) is 0 Å². The highest BCUT2D eigenvalue weighted by Gasteiger charge is 2.05. The van der Waals surface area contributed by atoms with Crippen molar-refractivity contribution in [2.24, 2.45) is 0 Å². The van der Waals surface area contributed by atoms with E-state index in [0.717, 1.165) is 12.2 Å². The summed E-state index contributed by atoms with van der Waals surface area (Å²) in [6, 6.07) is 20.6. The van der Waals surface area contributed by atoms with E-state index in [2.05, 4.69) is 43.4 Å². The van der Waals surface area contributed by atoms with Gasteiger partial charge in [-0.1, -0.05) is 48.5 Å². The van der Waals surface area contributed by atoms with Crippen LogP contribution >= 0.6 is 0 Å². The fourth-order valence-electron chi connectivity index (χ4n) is 3.01. The normalized spacial score (nSPS) is 10.7. The third kappa shape index (κ3) is 4.63. The van der Waals surface area contributed by atoms with Gasteiger partial charge in [-0.2, -0.15) is 0 Å². The summed E-state index contributed by atoms with van der Waals surface area (Å²) in [5, 5.41) is 5.37. The Balaban J connectivity index is 1.43. The van der Waals surface area contributed by atoms with Crippen molar-refractivity contribution < 1.29 is 9.53 Å². The minimum Gasteiger partial charge on any atom is -0.492 e. The number of amides is 1. The molecule has 134 valence electrons. The Morgan fingerprint density at radius 3 is 2.62 bits per heavy atom. The SMILES string of the molecule is Cc1ccc(OCCNC(=O)CCc2cccc3ccccc23)cc1C. The van der Waals surface area contributed by atoms with Crippen molar-refractivity contribution in [3.05, 3.63) is 77.4 Å². The summed E-state index contributed by atoms with van der Waals surface area (Å²) in [6.07, 6.45) is 1.23. The first-order chi connectivity index (χ1) is 12.6. The van der Waals surface area contributed by atoms with E-state index in [1.807, 2.05) is 36.4 Å². The molecule has 0 heterocycles. The molecule has 3 aromatic rings. The number of carbonyl (C=O) groups excluding carboxylic acids is 1. The summed E-state index contributed by atoms with van der Waals surface area (Å²) < 4.78 is 5.70. The molecule has 0 bridgehead atoms. The van der Waals surface area contributed by atoms with Crippen LogP contribution in [0.4, 0.5) is 0 Å². The van der Waals surface area contributed by atoms with Crippen molar-refractivity contribution in [1.29, 1.82) is 0 Å². The molecule has 0 atom stereocenters. The van der Waals surface area contributed by atoms with Crippen LogP contribution in [0.2, 0.25) is 0 Å². The van der Waals surface area contributed by atoms with E-state index in [0.29, 0.717) is 19.6 Å². The largest absolute Gasteiger partial charge is 0.492 e. The summed E-state index contributed by atoms with van der Waals surface area (Å²) in [4.78, 5) is 12.1. The summed E-state index contributed by atoms with van der Waals surface area (Å²) in [5.74, 6) is 0.903. The van der Waals surface area contributed by atoms with Crippen LogP contribution in [0.3, 0.4) is 0 Å². The molecule has 0 saturated carbocycles. The molecular formula is C23H25NO2. The van der Waals surface area contributed by atoms with Gasteiger partial charge in [0.1, 0.15) is 12.4 Å². The number of hydrogen-bond donors (Lipinski definition) is 1. The number of aryl methyl sites for hydroxylation is 3. The van der Waals surface area contributed by atoms with Gasteiger partial charge < -0.3 is 10.1 Å². The standard InChI is InChI=1S/C23H25NO2/c1-17-10-12-21(16-18(17)2)26-15-14-24-23(25)13-11-20-8-5-7-19-6-3-4-9-22(19)20/h3-10,12,16H,11,13-15H2,1-2H3,(H,24,25). The van der Waals surface area contributed by atoms with Crippen LogP contribution in [0.5, 0.6) is 5.75 Å².